The van der Waals surface area contributed by atoms with Crippen LogP contribution in [0, 0.1) is 0 Å². The van der Waals surface area contributed by atoms with Crippen molar-refractivity contribution in [3.8, 4) is 0 Å². The van der Waals surface area contributed by atoms with Gasteiger partial charge in [-0.2, -0.15) is 0 Å². The number of carbonyl (C=O) groups is 2. The van der Waals surface area contributed by atoms with Crippen LogP contribution in [0.1, 0.15) is 18.9 Å². The number of hydrogen-bond donors (Lipinski definition) is 1. The van der Waals surface area contributed by atoms with Crippen molar-refractivity contribution >= 4 is 22.7 Å². The molecule has 5 nitrogen and oxygen atoms in total. The monoisotopic (exact) mass is 283 g/mol. The first kappa shape index (κ1) is 13.5. The normalized spacial score (nSPS) is 18.9. The van der Waals surface area contributed by atoms with Crippen molar-refractivity contribution in [2.45, 2.75) is 25.9 Å². The number of fused-ring (bicyclic) bond motifs is 1. The summed E-state index contributed by atoms with van der Waals surface area (Å²) in [7, 11) is 0. The SMILES string of the molecule is CCC1NC(=O)CN(Cc2cccc3cccnc23)C1=O. The van der Waals surface area contributed by atoms with E-state index in [-0.39, 0.29) is 18.4 Å². The molecule has 108 valence electrons. The summed E-state index contributed by atoms with van der Waals surface area (Å²) in [5.41, 5.74) is 1.85. The summed E-state index contributed by atoms with van der Waals surface area (Å²) in [4.78, 5) is 30.1. The predicted molar refractivity (Wildman–Crippen MR) is 79.4 cm³/mol. The number of nitrogens with one attached hydrogen (secondary N) is 1. The van der Waals surface area contributed by atoms with Crippen molar-refractivity contribution < 1.29 is 9.59 Å². The zero-order valence-electron chi connectivity index (χ0n) is 11.9. The third kappa shape index (κ3) is 2.59. The average Bonchev–Trinajstić information content (AvgIpc) is 2.51. The van der Waals surface area contributed by atoms with Crippen LogP contribution in [0.4, 0.5) is 0 Å². The fraction of sp³-hybridized carbons (Fsp3) is 0.312. The number of hydrogen-bond acceptors (Lipinski definition) is 3. The molecule has 1 fully saturated rings. The van der Waals surface area contributed by atoms with Gasteiger partial charge in [0.15, 0.2) is 0 Å². The zero-order valence-corrected chi connectivity index (χ0v) is 11.9. The van der Waals surface area contributed by atoms with E-state index in [4.69, 9.17) is 0 Å². The summed E-state index contributed by atoms with van der Waals surface area (Å²) < 4.78 is 0. The molecular formula is C16H17N3O2. The maximum absolute atomic E-state index is 12.3. The molecule has 3 rings (SSSR count). The number of carbonyl (C=O) groups excluding carboxylic acids is 2. The van der Waals surface area contributed by atoms with Gasteiger partial charge in [0.2, 0.25) is 11.8 Å². The van der Waals surface area contributed by atoms with Gasteiger partial charge >= 0.3 is 0 Å². The summed E-state index contributed by atoms with van der Waals surface area (Å²) in [6, 6.07) is 9.37. The molecule has 1 aliphatic heterocycles. The van der Waals surface area contributed by atoms with Crippen LogP contribution in [0.15, 0.2) is 36.5 Å². The van der Waals surface area contributed by atoms with Gasteiger partial charge in [0, 0.05) is 18.1 Å². The third-order valence-corrected chi connectivity index (χ3v) is 3.77. The molecule has 1 aromatic carbocycles. The quantitative estimate of drug-likeness (QED) is 0.928. The molecule has 0 aliphatic carbocycles. The topological polar surface area (TPSA) is 62.3 Å². The fourth-order valence-corrected chi connectivity index (χ4v) is 2.68. The highest BCUT2D eigenvalue weighted by molar-refractivity contribution is 5.95. The second-order valence-electron chi connectivity index (χ2n) is 5.21. The van der Waals surface area contributed by atoms with E-state index in [1.165, 1.54) is 0 Å². The van der Waals surface area contributed by atoms with Crippen molar-refractivity contribution in [3.63, 3.8) is 0 Å². The Balaban J connectivity index is 1.91. The first-order chi connectivity index (χ1) is 10.2. The van der Waals surface area contributed by atoms with Crippen molar-refractivity contribution in [1.82, 2.24) is 15.2 Å². The number of nitrogens with zero attached hydrogens (tertiary/aromatic N) is 2. The van der Waals surface area contributed by atoms with Crippen LogP contribution in [-0.4, -0.2) is 34.3 Å². The Morgan fingerprint density at radius 1 is 1.29 bits per heavy atom. The summed E-state index contributed by atoms with van der Waals surface area (Å²) >= 11 is 0. The molecule has 0 spiro atoms. The van der Waals surface area contributed by atoms with Crippen molar-refractivity contribution in [3.05, 3.63) is 42.1 Å². The first-order valence-electron chi connectivity index (χ1n) is 7.10. The Bertz CT molecular complexity index is 693. The Labute approximate surface area is 123 Å². The highest BCUT2D eigenvalue weighted by atomic mass is 16.2. The zero-order chi connectivity index (χ0) is 14.8. The van der Waals surface area contributed by atoms with E-state index in [0.29, 0.717) is 13.0 Å². The molecular weight excluding hydrogens is 266 g/mol. The minimum Gasteiger partial charge on any atom is -0.343 e. The number of para-hydroxylation sites is 1. The fourth-order valence-electron chi connectivity index (χ4n) is 2.68. The molecule has 1 saturated heterocycles. The minimum absolute atomic E-state index is 0.0231. The largest absolute Gasteiger partial charge is 0.343 e. The average molecular weight is 283 g/mol. The van der Waals surface area contributed by atoms with Crippen LogP contribution in [0.2, 0.25) is 0 Å². The summed E-state index contributed by atoms with van der Waals surface area (Å²) in [5.74, 6) is -0.125. The van der Waals surface area contributed by atoms with Crippen LogP contribution in [0.25, 0.3) is 10.9 Å². The predicted octanol–water partition coefficient (Wildman–Crippen LogP) is 1.47. The Kier molecular flexibility index (Phi) is 3.56. The molecule has 5 heteroatoms. The number of piperazine rings is 1. The van der Waals surface area contributed by atoms with Crippen LogP contribution < -0.4 is 5.32 Å². The molecule has 1 aliphatic rings. The third-order valence-electron chi connectivity index (χ3n) is 3.77. The number of aromatic nitrogens is 1. The van der Waals surface area contributed by atoms with E-state index in [0.717, 1.165) is 16.5 Å². The lowest BCUT2D eigenvalue weighted by Gasteiger charge is -2.32. The number of benzene rings is 1. The molecule has 21 heavy (non-hydrogen) atoms. The van der Waals surface area contributed by atoms with E-state index in [2.05, 4.69) is 10.3 Å². The Hall–Kier alpha value is -2.43. The maximum Gasteiger partial charge on any atom is 0.245 e. The maximum atomic E-state index is 12.3. The van der Waals surface area contributed by atoms with E-state index in [1.807, 2.05) is 37.3 Å². The van der Waals surface area contributed by atoms with Crippen LogP contribution in [0.3, 0.4) is 0 Å². The molecule has 0 bridgehead atoms. The highest BCUT2D eigenvalue weighted by Gasteiger charge is 2.31. The first-order valence-corrected chi connectivity index (χ1v) is 7.10. The second-order valence-corrected chi connectivity index (χ2v) is 5.21. The van der Waals surface area contributed by atoms with Gasteiger partial charge in [0.05, 0.1) is 12.1 Å². The van der Waals surface area contributed by atoms with Gasteiger partial charge < -0.3 is 10.2 Å². The van der Waals surface area contributed by atoms with Gasteiger partial charge in [-0.05, 0) is 18.1 Å². The van der Waals surface area contributed by atoms with Gasteiger partial charge in [0.1, 0.15) is 6.04 Å². The van der Waals surface area contributed by atoms with E-state index >= 15 is 0 Å². The van der Waals surface area contributed by atoms with Crippen molar-refractivity contribution in [2.75, 3.05) is 6.54 Å². The molecule has 1 atom stereocenters. The number of pyridine rings is 1. The van der Waals surface area contributed by atoms with Gasteiger partial charge in [-0.25, -0.2) is 0 Å². The molecule has 2 aromatic rings. The van der Waals surface area contributed by atoms with Gasteiger partial charge in [0.25, 0.3) is 0 Å². The standard InChI is InChI=1S/C16H17N3O2/c1-2-13-16(21)19(10-14(20)18-13)9-12-6-3-5-11-7-4-8-17-15(11)12/h3-8,13H,2,9-10H2,1H3,(H,18,20). The molecule has 2 heterocycles. The highest BCUT2D eigenvalue weighted by Crippen LogP contribution is 2.19. The summed E-state index contributed by atoms with van der Waals surface area (Å²) in [5, 5.41) is 3.76. The van der Waals surface area contributed by atoms with Crippen LogP contribution in [-0.2, 0) is 16.1 Å². The smallest absolute Gasteiger partial charge is 0.245 e. The van der Waals surface area contributed by atoms with E-state index in [9.17, 15) is 9.59 Å². The lowest BCUT2D eigenvalue weighted by Crippen LogP contribution is -2.57. The summed E-state index contributed by atoms with van der Waals surface area (Å²) in [6.07, 6.45) is 2.35. The molecule has 1 N–H and O–H groups in total. The molecule has 0 saturated carbocycles. The van der Waals surface area contributed by atoms with Crippen molar-refractivity contribution in [1.29, 1.82) is 0 Å². The lowest BCUT2D eigenvalue weighted by atomic mass is 10.1. The summed E-state index contributed by atoms with van der Waals surface area (Å²) in [6.45, 7) is 2.42. The minimum atomic E-state index is -0.408. The van der Waals surface area contributed by atoms with Crippen LogP contribution in [0.5, 0.6) is 0 Å². The second kappa shape index (κ2) is 5.52. The molecule has 1 aromatic heterocycles. The number of rotatable bonds is 3. The van der Waals surface area contributed by atoms with E-state index < -0.39 is 6.04 Å². The Morgan fingerprint density at radius 3 is 2.90 bits per heavy atom. The number of amides is 2. The van der Waals surface area contributed by atoms with Crippen molar-refractivity contribution in [2.24, 2.45) is 0 Å². The van der Waals surface area contributed by atoms with Gasteiger partial charge in [-0.15, -0.1) is 0 Å². The molecule has 1 unspecified atom stereocenters. The van der Waals surface area contributed by atoms with Gasteiger partial charge in [-0.1, -0.05) is 31.2 Å². The Morgan fingerprint density at radius 2 is 2.10 bits per heavy atom. The molecule has 0 radical (unpaired) electrons. The van der Waals surface area contributed by atoms with E-state index in [1.54, 1.807) is 11.1 Å². The molecule has 2 amide bonds. The van der Waals surface area contributed by atoms with Crippen LogP contribution >= 0.6 is 0 Å². The lowest BCUT2D eigenvalue weighted by molar-refractivity contribution is -0.144. The van der Waals surface area contributed by atoms with Gasteiger partial charge in [-0.3, -0.25) is 14.6 Å².